The van der Waals surface area contributed by atoms with Gasteiger partial charge in [0.25, 0.3) is 0 Å². The molecular weight excluding hydrogens is 317 g/mol. The Morgan fingerprint density at radius 1 is 1.09 bits per heavy atom. The first-order chi connectivity index (χ1) is 10.4. The summed E-state index contributed by atoms with van der Waals surface area (Å²) in [7, 11) is 0. The van der Waals surface area contributed by atoms with Crippen LogP contribution in [-0.4, -0.2) is 5.91 Å². The van der Waals surface area contributed by atoms with Crippen LogP contribution in [-0.2, 0) is 4.79 Å². The van der Waals surface area contributed by atoms with Crippen LogP contribution >= 0.6 is 23.2 Å². The second-order valence-corrected chi connectivity index (χ2v) is 6.83. The molecule has 0 heterocycles. The molecule has 1 aliphatic rings. The van der Waals surface area contributed by atoms with Crippen LogP contribution < -0.4 is 5.32 Å². The molecule has 0 unspecified atom stereocenters. The van der Waals surface area contributed by atoms with E-state index < -0.39 is 0 Å². The average molecular weight is 334 g/mol. The van der Waals surface area contributed by atoms with Crippen molar-refractivity contribution in [3.63, 3.8) is 0 Å². The van der Waals surface area contributed by atoms with E-state index in [1.807, 2.05) is 38.1 Å². The quantitative estimate of drug-likeness (QED) is 0.805. The molecule has 1 amide bonds. The molecule has 2 nitrogen and oxygen atoms in total. The number of carbonyl (C=O) groups is 1. The number of carbonyl (C=O) groups excluding carboxylic acids is 1. The summed E-state index contributed by atoms with van der Waals surface area (Å²) in [6.45, 7) is 4.04. The van der Waals surface area contributed by atoms with E-state index in [1.165, 1.54) is 5.56 Å². The van der Waals surface area contributed by atoms with Gasteiger partial charge in [-0.1, -0.05) is 40.9 Å². The van der Waals surface area contributed by atoms with Gasteiger partial charge in [-0.2, -0.15) is 0 Å². The third kappa shape index (κ3) is 3.29. The highest BCUT2D eigenvalue weighted by molar-refractivity contribution is 6.34. The van der Waals surface area contributed by atoms with Crippen LogP contribution in [0.15, 0.2) is 36.4 Å². The number of benzene rings is 2. The van der Waals surface area contributed by atoms with Gasteiger partial charge in [0.05, 0.1) is 0 Å². The second kappa shape index (κ2) is 5.94. The van der Waals surface area contributed by atoms with E-state index >= 15 is 0 Å². The summed E-state index contributed by atoms with van der Waals surface area (Å²) in [6.07, 6.45) is 0.841. The Labute approximate surface area is 140 Å². The summed E-state index contributed by atoms with van der Waals surface area (Å²) in [5.41, 5.74) is 4.19. The van der Waals surface area contributed by atoms with Crippen molar-refractivity contribution in [3.05, 3.63) is 63.1 Å². The minimum Gasteiger partial charge on any atom is -0.326 e. The van der Waals surface area contributed by atoms with Gasteiger partial charge in [0.15, 0.2) is 0 Å². The highest BCUT2D eigenvalue weighted by atomic mass is 35.5. The normalized spacial score (nSPS) is 19.8. The maximum atomic E-state index is 12.4. The average Bonchev–Trinajstić information content (AvgIpc) is 3.21. The van der Waals surface area contributed by atoms with Gasteiger partial charge in [0.1, 0.15) is 0 Å². The lowest BCUT2D eigenvalue weighted by atomic mass is 10.1. The fourth-order valence-electron chi connectivity index (χ4n) is 2.82. The second-order valence-electron chi connectivity index (χ2n) is 5.96. The van der Waals surface area contributed by atoms with Gasteiger partial charge in [-0.3, -0.25) is 4.79 Å². The lowest BCUT2D eigenvalue weighted by Crippen LogP contribution is -2.15. The number of amides is 1. The minimum absolute atomic E-state index is 0.00441. The lowest BCUT2D eigenvalue weighted by molar-refractivity contribution is -0.117. The zero-order valence-electron chi connectivity index (χ0n) is 12.5. The summed E-state index contributed by atoms with van der Waals surface area (Å²) in [5, 5.41) is 4.25. The molecule has 114 valence electrons. The van der Waals surface area contributed by atoms with Gasteiger partial charge < -0.3 is 5.32 Å². The van der Waals surface area contributed by atoms with Crippen LogP contribution in [0.25, 0.3) is 0 Å². The van der Waals surface area contributed by atoms with Crippen LogP contribution in [0.3, 0.4) is 0 Å². The fourth-order valence-corrected chi connectivity index (χ4v) is 3.36. The van der Waals surface area contributed by atoms with Crippen LogP contribution in [0.4, 0.5) is 5.69 Å². The molecule has 0 spiro atoms. The topological polar surface area (TPSA) is 29.1 Å². The molecule has 1 aliphatic carbocycles. The van der Waals surface area contributed by atoms with Crippen LogP contribution in [0, 0.1) is 19.8 Å². The standard InChI is InChI=1S/C18H17Cl2NO/c1-10-3-4-17(11(2)5-10)21-18(22)16-9-15(16)12-6-13(19)8-14(20)7-12/h3-8,15-16H,9H2,1-2H3,(H,21,22)/t15-,16-/m0/s1. The van der Waals surface area contributed by atoms with Gasteiger partial charge in [-0.15, -0.1) is 0 Å². The van der Waals surface area contributed by atoms with E-state index in [4.69, 9.17) is 23.2 Å². The molecule has 0 aliphatic heterocycles. The summed E-state index contributed by atoms with van der Waals surface area (Å²) in [5.74, 6) is 0.269. The van der Waals surface area contributed by atoms with Crippen molar-refractivity contribution >= 4 is 34.8 Å². The molecule has 4 heteroatoms. The number of hydrogen-bond acceptors (Lipinski definition) is 1. The Balaban J connectivity index is 1.70. The zero-order chi connectivity index (χ0) is 15.9. The maximum Gasteiger partial charge on any atom is 0.228 e. The van der Waals surface area contributed by atoms with Crippen molar-refractivity contribution in [2.75, 3.05) is 5.32 Å². The van der Waals surface area contributed by atoms with Gasteiger partial charge in [-0.25, -0.2) is 0 Å². The number of nitrogens with one attached hydrogen (secondary N) is 1. The Bertz CT molecular complexity index is 722. The summed E-state index contributed by atoms with van der Waals surface area (Å²) >= 11 is 12.1. The molecule has 1 saturated carbocycles. The van der Waals surface area contributed by atoms with Gasteiger partial charge >= 0.3 is 0 Å². The summed E-state index contributed by atoms with van der Waals surface area (Å²) in [6, 6.07) is 11.5. The molecule has 2 atom stereocenters. The molecular formula is C18H17Cl2NO. The molecule has 0 aromatic heterocycles. The molecule has 22 heavy (non-hydrogen) atoms. The van der Waals surface area contributed by atoms with E-state index in [0.29, 0.717) is 10.0 Å². The Kier molecular flexibility index (Phi) is 4.16. The van der Waals surface area contributed by atoms with E-state index in [9.17, 15) is 4.79 Å². The number of rotatable bonds is 3. The van der Waals surface area contributed by atoms with Crippen molar-refractivity contribution in [1.82, 2.24) is 0 Å². The molecule has 2 aromatic rings. The molecule has 0 radical (unpaired) electrons. The lowest BCUT2D eigenvalue weighted by Gasteiger charge is -2.09. The predicted octanol–water partition coefficient (Wildman–Crippen LogP) is 5.35. The molecule has 0 bridgehead atoms. The highest BCUT2D eigenvalue weighted by Crippen LogP contribution is 2.49. The number of aryl methyl sites for hydroxylation is 2. The predicted molar refractivity (Wildman–Crippen MR) is 91.9 cm³/mol. The summed E-state index contributed by atoms with van der Waals surface area (Å²) in [4.78, 5) is 12.4. The number of anilines is 1. The molecule has 3 rings (SSSR count). The van der Waals surface area contributed by atoms with Gasteiger partial charge in [-0.05, 0) is 61.6 Å². The van der Waals surface area contributed by atoms with Crippen molar-refractivity contribution in [2.24, 2.45) is 5.92 Å². The van der Waals surface area contributed by atoms with Crippen molar-refractivity contribution in [2.45, 2.75) is 26.2 Å². The Hall–Kier alpha value is -1.51. The molecule has 1 fully saturated rings. The highest BCUT2D eigenvalue weighted by Gasteiger charge is 2.44. The smallest absolute Gasteiger partial charge is 0.228 e. The molecule has 0 saturated heterocycles. The SMILES string of the molecule is Cc1ccc(NC(=O)[C@H]2C[C@H]2c2cc(Cl)cc(Cl)c2)c(C)c1. The number of halogens is 2. The Morgan fingerprint density at radius 3 is 2.41 bits per heavy atom. The minimum atomic E-state index is -0.00441. The monoisotopic (exact) mass is 333 g/mol. The number of hydrogen-bond donors (Lipinski definition) is 1. The summed E-state index contributed by atoms with van der Waals surface area (Å²) < 4.78 is 0. The van der Waals surface area contributed by atoms with Gasteiger partial charge in [0, 0.05) is 21.7 Å². The fraction of sp³-hybridized carbons (Fsp3) is 0.278. The Morgan fingerprint density at radius 2 is 1.77 bits per heavy atom. The van der Waals surface area contributed by atoms with E-state index in [2.05, 4.69) is 11.4 Å². The van der Waals surface area contributed by atoms with Crippen LogP contribution in [0.2, 0.25) is 10.0 Å². The third-order valence-corrected chi connectivity index (χ3v) is 4.52. The molecule has 2 aromatic carbocycles. The first kappa shape index (κ1) is 15.4. The van der Waals surface area contributed by atoms with Gasteiger partial charge in [0.2, 0.25) is 5.91 Å². The first-order valence-electron chi connectivity index (χ1n) is 7.28. The zero-order valence-corrected chi connectivity index (χ0v) is 14.0. The van der Waals surface area contributed by atoms with Crippen molar-refractivity contribution in [1.29, 1.82) is 0 Å². The van der Waals surface area contributed by atoms with Crippen molar-refractivity contribution < 1.29 is 4.79 Å². The van der Waals surface area contributed by atoms with E-state index in [1.54, 1.807) is 6.07 Å². The van der Waals surface area contributed by atoms with E-state index in [0.717, 1.165) is 23.2 Å². The molecule has 1 N–H and O–H groups in total. The largest absolute Gasteiger partial charge is 0.326 e. The van der Waals surface area contributed by atoms with Crippen LogP contribution in [0.1, 0.15) is 29.0 Å². The van der Waals surface area contributed by atoms with Crippen LogP contribution in [0.5, 0.6) is 0 Å². The first-order valence-corrected chi connectivity index (χ1v) is 8.04. The van der Waals surface area contributed by atoms with E-state index in [-0.39, 0.29) is 17.7 Å². The third-order valence-electron chi connectivity index (χ3n) is 4.08. The maximum absolute atomic E-state index is 12.4. The van der Waals surface area contributed by atoms with Crippen molar-refractivity contribution in [3.8, 4) is 0 Å².